The number of phenols is 1. The van der Waals surface area contributed by atoms with Crippen molar-refractivity contribution in [3.63, 3.8) is 0 Å². The number of aromatic hydroxyl groups is 1. The minimum absolute atomic E-state index is 0.0950. The second-order valence-electron chi connectivity index (χ2n) is 4.53. The average Bonchev–Trinajstić information content (AvgIpc) is 3.03. The topological polar surface area (TPSA) is 63.0 Å². The van der Waals surface area contributed by atoms with Crippen LogP contribution in [0.5, 0.6) is 5.75 Å². The van der Waals surface area contributed by atoms with Gasteiger partial charge in [-0.25, -0.2) is 9.67 Å². The number of hydrogen-bond donors (Lipinski definition) is 2. The standard InChI is InChI=1S/C15H13ClN4O/c16-14-7-11(1-6-15(14)21)8-18-12-2-4-13(5-3-12)20-10-17-9-19-20/h1-7,9-10,18,21H,8H2. The molecule has 0 radical (unpaired) electrons. The third-order valence-corrected chi connectivity index (χ3v) is 3.36. The van der Waals surface area contributed by atoms with Crippen LogP contribution in [0.3, 0.4) is 0 Å². The lowest BCUT2D eigenvalue weighted by Gasteiger charge is -2.08. The number of anilines is 1. The largest absolute Gasteiger partial charge is 0.506 e. The molecule has 3 rings (SSSR count). The first-order valence-corrected chi connectivity index (χ1v) is 6.76. The van der Waals surface area contributed by atoms with Crippen LogP contribution in [0, 0.1) is 0 Å². The van der Waals surface area contributed by atoms with Crippen LogP contribution in [0.15, 0.2) is 55.1 Å². The van der Waals surface area contributed by atoms with Gasteiger partial charge in [0.15, 0.2) is 0 Å². The van der Waals surface area contributed by atoms with Crippen molar-refractivity contribution in [2.45, 2.75) is 6.54 Å². The zero-order valence-electron chi connectivity index (χ0n) is 11.1. The van der Waals surface area contributed by atoms with E-state index < -0.39 is 0 Å². The molecule has 21 heavy (non-hydrogen) atoms. The van der Waals surface area contributed by atoms with Gasteiger partial charge in [0.25, 0.3) is 0 Å². The molecule has 0 aliphatic carbocycles. The zero-order chi connectivity index (χ0) is 14.7. The highest BCUT2D eigenvalue weighted by Crippen LogP contribution is 2.24. The van der Waals surface area contributed by atoms with Crippen molar-refractivity contribution in [1.29, 1.82) is 0 Å². The van der Waals surface area contributed by atoms with E-state index in [9.17, 15) is 5.11 Å². The van der Waals surface area contributed by atoms with Crippen LogP contribution in [0.2, 0.25) is 5.02 Å². The maximum Gasteiger partial charge on any atom is 0.138 e. The first-order chi connectivity index (χ1) is 10.2. The number of hydrogen-bond acceptors (Lipinski definition) is 4. The number of halogens is 1. The summed E-state index contributed by atoms with van der Waals surface area (Å²) in [6.07, 6.45) is 3.15. The number of nitrogens with zero attached hydrogens (tertiary/aromatic N) is 3. The van der Waals surface area contributed by atoms with E-state index in [0.717, 1.165) is 16.9 Å². The second kappa shape index (κ2) is 5.85. The van der Waals surface area contributed by atoms with Crippen molar-refractivity contribution in [2.75, 3.05) is 5.32 Å². The first kappa shape index (κ1) is 13.5. The van der Waals surface area contributed by atoms with Crippen LogP contribution < -0.4 is 5.32 Å². The quantitative estimate of drug-likeness (QED) is 0.776. The molecule has 6 heteroatoms. The van der Waals surface area contributed by atoms with Gasteiger partial charge in [-0.05, 0) is 42.0 Å². The molecule has 0 saturated carbocycles. The molecule has 0 aliphatic rings. The molecule has 1 aromatic heterocycles. The number of nitrogens with one attached hydrogen (secondary N) is 1. The van der Waals surface area contributed by atoms with Crippen LogP contribution in [0.4, 0.5) is 5.69 Å². The molecule has 0 atom stereocenters. The van der Waals surface area contributed by atoms with Crippen molar-refractivity contribution in [1.82, 2.24) is 14.8 Å². The lowest BCUT2D eigenvalue weighted by Crippen LogP contribution is -2.00. The molecule has 0 spiro atoms. The first-order valence-electron chi connectivity index (χ1n) is 6.39. The van der Waals surface area contributed by atoms with E-state index in [1.807, 2.05) is 30.3 Å². The summed E-state index contributed by atoms with van der Waals surface area (Å²) in [4.78, 5) is 3.92. The summed E-state index contributed by atoms with van der Waals surface area (Å²) < 4.78 is 1.70. The van der Waals surface area contributed by atoms with E-state index in [2.05, 4.69) is 15.4 Å². The maximum atomic E-state index is 9.38. The fourth-order valence-electron chi connectivity index (χ4n) is 1.94. The Morgan fingerprint density at radius 2 is 1.95 bits per heavy atom. The van der Waals surface area contributed by atoms with Gasteiger partial charge in [-0.3, -0.25) is 0 Å². The molecule has 5 nitrogen and oxygen atoms in total. The fourth-order valence-corrected chi connectivity index (χ4v) is 2.14. The van der Waals surface area contributed by atoms with E-state index >= 15 is 0 Å². The summed E-state index contributed by atoms with van der Waals surface area (Å²) in [5.41, 5.74) is 2.94. The molecule has 2 aromatic carbocycles. The number of benzene rings is 2. The molecule has 106 valence electrons. The smallest absolute Gasteiger partial charge is 0.138 e. The van der Waals surface area contributed by atoms with Gasteiger partial charge in [0, 0.05) is 12.2 Å². The molecule has 0 aliphatic heterocycles. The van der Waals surface area contributed by atoms with E-state index in [1.165, 1.54) is 6.33 Å². The minimum atomic E-state index is 0.0950. The highest BCUT2D eigenvalue weighted by Gasteiger charge is 2.01. The van der Waals surface area contributed by atoms with Crippen molar-refractivity contribution in [3.8, 4) is 11.4 Å². The Morgan fingerprint density at radius 1 is 1.14 bits per heavy atom. The second-order valence-corrected chi connectivity index (χ2v) is 4.93. The van der Waals surface area contributed by atoms with E-state index in [4.69, 9.17) is 11.6 Å². The van der Waals surface area contributed by atoms with Gasteiger partial charge in [-0.15, -0.1) is 0 Å². The third-order valence-electron chi connectivity index (χ3n) is 3.06. The number of phenolic OH excluding ortho intramolecular Hbond substituents is 1. The molecule has 0 bridgehead atoms. The van der Waals surface area contributed by atoms with Crippen LogP contribution in [0.1, 0.15) is 5.56 Å². The molecule has 0 fully saturated rings. The van der Waals surface area contributed by atoms with Crippen molar-refractivity contribution >= 4 is 17.3 Å². The number of rotatable bonds is 4. The van der Waals surface area contributed by atoms with E-state index in [1.54, 1.807) is 23.1 Å². The van der Waals surface area contributed by atoms with Crippen LogP contribution in [-0.2, 0) is 6.54 Å². The Hall–Kier alpha value is -2.53. The normalized spacial score (nSPS) is 10.5. The van der Waals surface area contributed by atoms with Crippen LogP contribution in [0.25, 0.3) is 5.69 Å². The Bertz CT molecular complexity index is 726. The zero-order valence-corrected chi connectivity index (χ0v) is 11.8. The SMILES string of the molecule is Oc1ccc(CNc2ccc(-n3cncn3)cc2)cc1Cl. The summed E-state index contributed by atoms with van der Waals surface area (Å²) in [7, 11) is 0. The maximum absolute atomic E-state index is 9.38. The van der Waals surface area contributed by atoms with Crippen LogP contribution in [-0.4, -0.2) is 19.9 Å². The molecule has 3 aromatic rings. The predicted molar refractivity (Wildman–Crippen MR) is 81.8 cm³/mol. The highest BCUT2D eigenvalue weighted by atomic mass is 35.5. The number of aromatic nitrogens is 3. The van der Waals surface area contributed by atoms with Gasteiger partial charge >= 0.3 is 0 Å². The van der Waals surface area contributed by atoms with Crippen molar-refractivity contribution in [3.05, 3.63) is 65.7 Å². The predicted octanol–water partition coefficient (Wildman–Crippen LogP) is 3.24. The fraction of sp³-hybridized carbons (Fsp3) is 0.0667. The monoisotopic (exact) mass is 300 g/mol. The highest BCUT2D eigenvalue weighted by molar-refractivity contribution is 6.32. The van der Waals surface area contributed by atoms with Gasteiger partial charge < -0.3 is 10.4 Å². The van der Waals surface area contributed by atoms with Gasteiger partial charge in [0.05, 0.1) is 10.7 Å². The van der Waals surface area contributed by atoms with Crippen molar-refractivity contribution in [2.24, 2.45) is 0 Å². The van der Waals surface area contributed by atoms with Crippen molar-refractivity contribution < 1.29 is 5.11 Å². The molecule has 0 amide bonds. The molecular weight excluding hydrogens is 288 g/mol. The summed E-state index contributed by atoms with van der Waals surface area (Å²) in [5, 5.41) is 17.1. The van der Waals surface area contributed by atoms with Gasteiger partial charge in [-0.2, -0.15) is 5.10 Å². The van der Waals surface area contributed by atoms with Gasteiger partial charge in [0.2, 0.25) is 0 Å². The Morgan fingerprint density at radius 3 is 2.62 bits per heavy atom. The van der Waals surface area contributed by atoms with E-state index in [-0.39, 0.29) is 5.75 Å². The summed E-state index contributed by atoms with van der Waals surface area (Å²) in [5.74, 6) is 0.0950. The molecular formula is C15H13ClN4O. The molecule has 2 N–H and O–H groups in total. The summed E-state index contributed by atoms with van der Waals surface area (Å²) in [6, 6.07) is 13.0. The summed E-state index contributed by atoms with van der Waals surface area (Å²) >= 11 is 5.88. The Kier molecular flexibility index (Phi) is 3.75. The molecule has 0 saturated heterocycles. The Labute approximate surface area is 126 Å². The third kappa shape index (κ3) is 3.14. The average molecular weight is 301 g/mol. The van der Waals surface area contributed by atoms with Gasteiger partial charge in [0.1, 0.15) is 18.4 Å². The molecule has 0 unspecified atom stereocenters. The van der Waals surface area contributed by atoms with Gasteiger partial charge in [-0.1, -0.05) is 17.7 Å². The lowest BCUT2D eigenvalue weighted by atomic mass is 10.2. The summed E-state index contributed by atoms with van der Waals surface area (Å²) in [6.45, 7) is 0.628. The Balaban J connectivity index is 1.66. The lowest BCUT2D eigenvalue weighted by molar-refractivity contribution is 0.475. The van der Waals surface area contributed by atoms with Crippen LogP contribution >= 0.6 is 11.6 Å². The van der Waals surface area contributed by atoms with E-state index in [0.29, 0.717) is 11.6 Å². The minimum Gasteiger partial charge on any atom is -0.506 e. The molecule has 1 heterocycles.